The Kier molecular flexibility index (Phi) is 5.29. The average Bonchev–Trinajstić information content (AvgIpc) is 3.04. The second-order valence-electron chi connectivity index (χ2n) is 8.72. The summed E-state index contributed by atoms with van der Waals surface area (Å²) >= 11 is 0. The van der Waals surface area contributed by atoms with Crippen molar-refractivity contribution in [3.63, 3.8) is 0 Å². The summed E-state index contributed by atoms with van der Waals surface area (Å²) in [6.07, 6.45) is 2.62. The molecule has 6 nitrogen and oxygen atoms in total. The number of ether oxygens (including phenoxy) is 1. The molecule has 2 aromatic carbocycles. The van der Waals surface area contributed by atoms with Gasteiger partial charge in [-0.3, -0.25) is 0 Å². The summed E-state index contributed by atoms with van der Waals surface area (Å²) in [5.74, 6) is 3.28. The maximum Gasteiger partial charge on any atom is 0.135 e. The molecular weight excluding hydrogens is 398 g/mol. The van der Waals surface area contributed by atoms with Crippen LogP contribution in [0.15, 0.2) is 42.7 Å². The summed E-state index contributed by atoms with van der Waals surface area (Å²) in [6.45, 7) is 10.7. The Morgan fingerprint density at radius 3 is 2.72 bits per heavy atom. The van der Waals surface area contributed by atoms with Gasteiger partial charge in [-0.1, -0.05) is 32.9 Å². The summed E-state index contributed by atoms with van der Waals surface area (Å²) in [5.41, 5.74) is 7.94. The van der Waals surface area contributed by atoms with Crippen LogP contribution in [0.4, 0.5) is 5.82 Å². The monoisotopic (exact) mass is 427 g/mol. The van der Waals surface area contributed by atoms with Crippen LogP contribution in [0.1, 0.15) is 49.3 Å². The van der Waals surface area contributed by atoms with E-state index in [0.29, 0.717) is 12.5 Å². The predicted octanol–water partition coefficient (Wildman–Crippen LogP) is 5.41. The lowest BCUT2D eigenvalue weighted by Gasteiger charge is -2.25. The summed E-state index contributed by atoms with van der Waals surface area (Å²) < 4.78 is 6.11. The number of aromatic amines is 1. The Balaban J connectivity index is 1.52. The van der Waals surface area contributed by atoms with Gasteiger partial charge in [0.2, 0.25) is 0 Å². The predicted molar refractivity (Wildman–Crippen MR) is 128 cm³/mol. The van der Waals surface area contributed by atoms with Crippen LogP contribution in [0, 0.1) is 6.92 Å². The van der Waals surface area contributed by atoms with E-state index in [2.05, 4.69) is 77.0 Å². The molecule has 0 unspecified atom stereocenters. The van der Waals surface area contributed by atoms with Gasteiger partial charge in [0.25, 0.3) is 0 Å². The van der Waals surface area contributed by atoms with Crippen LogP contribution in [-0.4, -0.2) is 33.1 Å². The maximum absolute atomic E-state index is 6.11. The number of fused-ring (bicyclic) bond motifs is 2. The number of hydrogen-bond acceptors (Lipinski definition) is 5. The van der Waals surface area contributed by atoms with E-state index in [4.69, 9.17) is 9.72 Å². The van der Waals surface area contributed by atoms with Gasteiger partial charge in [-0.25, -0.2) is 15.0 Å². The average molecular weight is 428 g/mol. The number of anilines is 1. The molecule has 0 spiro atoms. The van der Waals surface area contributed by atoms with Gasteiger partial charge < -0.3 is 14.6 Å². The first-order valence-electron chi connectivity index (χ1n) is 11.3. The first-order chi connectivity index (χ1) is 15.5. The van der Waals surface area contributed by atoms with Crippen LogP contribution < -0.4 is 9.64 Å². The van der Waals surface area contributed by atoms with Crippen LogP contribution >= 0.6 is 0 Å². The zero-order valence-electron chi connectivity index (χ0n) is 19.1. The summed E-state index contributed by atoms with van der Waals surface area (Å²) in [5, 5.41) is 0. The number of imidazole rings is 1. The van der Waals surface area contributed by atoms with Crippen molar-refractivity contribution >= 4 is 16.9 Å². The molecule has 1 aliphatic rings. The van der Waals surface area contributed by atoms with E-state index in [1.807, 2.05) is 6.92 Å². The van der Waals surface area contributed by atoms with Crippen molar-refractivity contribution in [2.75, 3.05) is 18.1 Å². The molecule has 0 fully saturated rings. The molecule has 5 rings (SSSR count). The molecule has 1 aliphatic heterocycles. The SMILES string of the molecule is CCc1c(C(C)C)ncnc1N1CCOc2ccc(-c3ccc4nc(C)[nH]c4c3)cc2C1. The molecule has 0 saturated carbocycles. The highest BCUT2D eigenvalue weighted by molar-refractivity contribution is 5.82. The zero-order valence-corrected chi connectivity index (χ0v) is 19.1. The number of benzene rings is 2. The first kappa shape index (κ1) is 20.5. The standard InChI is InChI=1S/C26H29N5O/c1-5-21-25(16(2)3)27-15-28-26(21)31-10-11-32-24-9-7-18(12-20(24)14-31)19-6-8-22-23(13-19)30-17(4)29-22/h6-9,12-13,15-16H,5,10-11,14H2,1-4H3,(H,29,30). The lowest BCUT2D eigenvalue weighted by molar-refractivity contribution is 0.331. The van der Waals surface area contributed by atoms with Crippen molar-refractivity contribution in [1.29, 1.82) is 0 Å². The molecule has 32 heavy (non-hydrogen) atoms. The fraction of sp³-hybridized carbons (Fsp3) is 0.346. The molecule has 0 amide bonds. The van der Waals surface area contributed by atoms with E-state index in [1.165, 1.54) is 16.7 Å². The number of aryl methyl sites for hydroxylation is 1. The minimum absolute atomic E-state index is 0.370. The van der Waals surface area contributed by atoms with Gasteiger partial charge in [-0.2, -0.15) is 0 Å². The Morgan fingerprint density at radius 1 is 1.09 bits per heavy atom. The van der Waals surface area contributed by atoms with E-state index in [9.17, 15) is 0 Å². The molecule has 0 radical (unpaired) electrons. The Bertz CT molecular complexity index is 1280. The third kappa shape index (κ3) is 3.70. The molecule has 0 bridgehead atoms. The smallest absolute Gasteiger partial charge is 0.135 e. The summed E-state index contributed by atoms with van der Waals surface area (Å²) in [7, 11) is 0. The van der Waals surface area contributed by atoms with Gasteiger partial charge in [-0.15, -0.1) is 0 Å². The third-order valence-corrected chi connectivity index (χ3v) is 6.13. The summed E-state index contributed by atoms with van der Waals surface area (Å²) in [6, 6.07) is 12.8. The van der Waals surface area contributed by atoms with Gasteiger partial charge in [0.15, 0.2) is 0 Å². The minimum Gasteiger partial charge on any atom is -0.491 e. The second-order valence-corrected chi connectivity index (χ2v) is 8.72. The van der Waals surface area contributed by atoms with Gasteiger partial charge >= 0.3 is 0 Å². The number of nitrogens with zero attached hydrogens (tertiary/aromatic N) is 4. The number of H-pyrrole nitrogens is 1. The Labute approximate surface area is 188 Å². The number of rotatable bonds is 4. The van der Waals surface area contributed by atoms with Crippen molar-refractivity contribution in [2.24, 2.45) is 0 Å². The fourth-order valence-corrected chi connectivity index (χ4v) is 4.60. The molecule has 6 heteroatoms. The third-order valence-electron chi connectivity index (χ3n) is 6.13. The van der Waals surface area contributed by atoms with E-state index in [1.54, 1.807) is 6.33 Å². The molecule has 4 aromatic rings. The molecule has 1 N–H and O–H groups in total. The highest BCUT2D eigenvalue weighted by Crippen LogP contribution is 2.33. The molecule has 3 heterocycles. The number of hydrogen-bond donors (Lipinski definition) is 1. The number of aromatic nitrogens is 4. The summed E-state index contributed by atoms with van der Waals surface area (Å²) in [4.78, 5) is 19.5. The Hall–Kier alpha value is -3.41. The van der Waals surface area contributed by atoms with Crippen LogP contribution in [0.25, 0.3) is 22.2 Å². The second kappa shape index (κ2) is 8.26. The molecule has 0 saturated heterocycles. The molecule has 2 aromatic heterocycles. The first-order valence-corrected chi connectivity index (χ1v) is 11.3. The highest BCUT2D eigenvalue weighted by Gasteiger charge is 2.22. The van der Waals surface area contributed by atoms with Gasteiger partial charge in [0.1, 0.15) is 30.3 Å². The number of nitrogens with one attached hydrogen (secondary N) is 1. The quantitative estimate of drug-likeness (QED) is 0.471. The largest absolute Gasteiger partial charge is 0.491 e. The van der Waals surface area contributed by atoms with Crippen molar-refractivity contribution < 1.29 is 4.74 Å². The van der Waals surface area contributed by atoms with Crippen molar-refractivity contribution in [2.45, 2.75) is 46.6 Å². The zero-order chi connectivity index (χ0) is 22.2. The fourth-order valence-electron chi connectivity index (χ4n) is 4.60. The molecule has 0 aliphatic carbocycles. The van der Waals surface area contributed by atoms with E-state index < -0.39 is 0 Å². The highest BCUT2D eigenvalue weighted by atomic mass is 16.5. The molecule has 0 atom stereocenters. The van der Waals surface area contributed by atoms with Gasteiger partial charge in [0, 0.05) is 17.7 Å². The van der Waals surface area contributed by atoms with Crippen LogP contribution in [0.5, 0.6) is 5.75 Å². The van der Waals surface area contributed by atoms with Crippen LogP contribution in [0.3, 0.4) is 0 Å². The van der Waals surface area contributed by atoms with Crippen LogP contribution in [-0.2, 0) is 13.0 Å². The normalized spacial score (nSPS) is 13.8. The van der Waals surface area contributed by atoms with Gasteiger partial charge in [-0.05, 0) is 54.7 Å². The van der Waals surface area contributed by atoms with Crippen molar-refractivity contribution in [1.82, 2.24) is 19.9 Å². The topological polar surface area (TPSA) is 66.9 Å². The Morgan fingerprint density at radius 2 is 1.91 bits per heavy atom. The molecule has 164 valence electrons. The lowest BCUT2D eigenvalue weighted by atomic mass is 10.0. The lowest BCUT2D eigenvalue weighted by Crippen LogP contribution is -2.28. The van der Waals surface area contributed by atoms with Crippen LogP contribution in [0.2, 0.25) is 0 Å². The van der Waals surface area contributed by atoms with E-state index in [-0.39, 0.29) is 0 Å². The van der Waals surface area contributed by atoms with E-state index in [0.717, 1.165) is 59.2 Å². The maximum atomic E-state index is 6.11. The minimum atomic E-state index is 0.370. The van der Waals surface area contributed by atoms with Crippen molar-refractivity contribution in [3.8, 4) is 16.9 Å². The van der Waals surface area contributed by atoms with E-state index >= 15 is 0 Å². The molecular formula is C26H29N5O. The van der Waals surface area contributed by atoms with Crippen molar-refractivity contribution in [3.05, 3.63) is 65.4 Å². The van der Waals surface area contributed by atoms with Gasteiger partial charge in [0.05, 0.1) is 23.3 Å².